The Bertz CT molecular complexity index is 611. The maximum absolute atomic E-state index is 13.0. The van der Waals surface area contributed by atoms with Crippen molar-refractivity contribution in [2.45, 2.75) is 33.6 Å². The van der Waals surface area contributed by atoms with Crippen LogP contribution < -0.4 is 4.74 Å². The Hall–Kier alpha value is -2.04. The summed E-state index contributed by atoms with van der Waals surface area (Å²) in [6.07, 6.45) is 0. The third kappa shape index (κ3) is 4.14. The van der Waals surface area contributed by atoms with Gasteiger partial charge < -0.3 is 14.5 Å². The van der Waals surface area contributed by atoms with Gasteiger partial charge in [0.05, 0.1) is 13.0 Å². The van der Waals surface area contributed by atoms with Crippen molar-refractivity contribution >= 4 is 11.8 Å². The molecule has 0 bridgehead atoms. The average molecular weight is 346 g/mol. The van der Waals surface area contributed by atoms with Crippen molar-refractivity contribution in [3.8, 4) is 5.75 Å². The molecular formula is C20H30N2O3. The number of carbonyl (C=O) groups excluding carboxylic acids is 2. The predicted octanol–water partition coefficient (Wildman–Crippen LogP) is 2.76. The van der Waals surface area contributed by atoms with E-state index in [1.54, 1.807) is 7.11 Å². The van der Waals surface area contributed by atoms with Gasteiger partial charge in [0.15, 0.2) is 0 Å². The minimum Gasteiger partial charge on any atom is -0.497 e. The first-order chi connectivity index (χ1) is 11.9. The Morgan fingerprint density at radius 2 is 1.92 bits per heavy atom. The molecule has 0 radical (unpaired) electrons. The molecule has 0 spiro atoms. The van der Waals surface area contributed by atoms with E-state index in [2.05, 4.69) is 0 Å². The third-order valence-corrected chi connectivity index (χ3v) is 5.04. The van der Waals surface area contributed by atoms with Crippen LogP contribution >= 0.6 is 0 Å². The largest absolute Gasteiger partial charge is 0.497 e. The summed E-state index contributed by atoms with van der Waals surface area (Å²) in [7, 11) is 1.64. The number of hydrogen-bond acceptors (Lipinski definition) is 3. The molecule has 0 N–H and O–H groups in total. The Morgan fingerprint density at radius 1 is 1.24 bits per heavy atom. The van der Waals surface area contributed by atoms with Gasteiger partial charge in [-0.05, 0) is 31.5 Å². The predicted molar refractivity (Wildman–Crippen MR) is 98.6 cm³/mol. The van der Waals surface area contributed by atoms with Crippen LogP contribution in [0, 0.1) is 11.8 Å². The smallest absolute Gasteiger partial charge is 0.228 e. The lowest BCUT2D eigenvalue weighted by atomic mass is 9.88. The van der Waals surface area contributed by atoms with Crippen LogP contribution in [0.4, 0.5) is 0 Å². The van der Waals surface area contributed by atoms with Crippen molar-refractivity contribution in [2.24, 2.45) is 11.8 Å². The molecule has 1 aliphatic heterocycles. The summed E-state index contributed by atoms with van der Waals surface area (Å²) < 4.78 is 5.34. The van der Waals surface area contributed by atoms with Crippen LogP contribution in [0.2, 0.25) is 0 Å². The minimum atomic E-state index is -0.199. The van der Waals surface area contributed by atoms with Gasteiger partial charge in [0.1, 0.15) is 5.75 Å². The zero-order valence-corrected chi connectivity index (χ0v) is 16.0. The molecule has 0 saturated carbocycles. The lowest BCUT2D eigenvalue weighted by Gasteiger charge is -2.26. The first kappa shape index (κ1) is 19.3. The minimum absolute atomic E-state index is 0.00546. The normalized spacial score (nSPS) is 20.0. The molecule has 5 heteroatoms. The highest BCUT2D eigenvalue weighted by molar-refractivity contribution is 5.84. The number of methoxy groups -OCH3 is 1. The SMILES string of the molecule is CCN(CC)C(=O)C1CN(C(=O)C(C)C)CC1c1cccc(OC)c1. The van der Waals surface area contributed by atoms with Crippen molar-refractivity contribution in [2.75, 3.05) is 33.3 Å². The number of carbonyl (C=O) groups is 2. The molecule has 1 aromatic carbocycles. The summed E-state index contributed by atoms with van der Waals surface area (Å²) in [5, 5.41) is 0. The van der Waals surface area contributed by atoms with Crippen molar-refractivity contribution in [3.05, 3.63) is 29.8 Å². The molecule has 1 fully saturated rings. The standard InChI is InChI=1S/C20H30N2O3/c1-6-21(7-2)20(24)18-13-22(19(23)14(3)4)12-17(18)15-9-8-10-16(11-15)25-5/h8-11,14,17-18H,6-7,12-13H2,1-5H3. The van der Waals surface area contributed by atoms with Crippen LogP contribution in [0.5, 0.6) is 5.75 Å². The van der Waals surface area contributed by atoms with Crippen LogP contribution in [0.25, 0.3) is 0 Å². The number of benzene rings is 1. The van der Waals surface area contributed by atoms with Crippen LogP contribution in [0.15, 0.2) is 24.3 Å². The quantitative estimate of drug-likeness (QED) is 0.796. The summed E-state index contributed by atoms with van der Waals surface area (Å²) in [5.41, 5.74) is 1.06. The molecular weight excluding hydrogens is 316 g/mol. The second-order valence-electron chi connectivity index (χ2n) is 6.90. The fourth-order valence-corrected chi connectivity index (χ4v) is 3.58. The van der Waals surface area contributed by atoms with Crippen LogP contribution in [-0.4, -0.2) is 54.9 Å². The maximum atomic E-state index is 13.0. The lowest BCUT2D eigenvalue weighted by Crippen LogP contribution is -2.39. The van der Waals surface area contributed by atoms with Gasteiger partial charge >= 0.3 is 0 Å². The molecule has 2 amide bonds. The topological polar surface area (TPSA) is 49.9 Å². The molecule has 2 rings (SSSR count). The van der Waals surface area contributed by atoms with Crippen LogP contribution in [0.1, 0.15) is 39.2 Å². The first-order valence-electron chi connectivity index (χ1n) is 9.14. The van der Waals surface area contributed by atoms with E-state index in [0.29, 0.717) is 26.2 Å². The van der Waals surface area contributed by atoms with Crippen molar-refractivity contribution in [1.29, 1.82) is 0 Å². The van der Waals surface area contributed by atoms with E-state index >= 15 is 0 Å². The summed E-state index contributed by atoms with van der Waals surface area (Å²) in [5.74, 6) is 0.772. The fourth-order valence-electron chi connectivity index (χ4n) is 3.58. The van der Waals surface area contributed by atoms with Gasteiger partial charge in [0.2, 0.25) is 11.8 Å². The van der Waals surface area contributed by atoms with Crippen molar-refractivity contribution < 1.29 is 14.3 Å². The van der Waals surface area contributed by atoms with E-state index in [9.17, 15) is 9.59 Å². The van der Waals surface area contributed by atoms with Gasteiger partial charge in [-0.15, -0.1) is 0 Å². The highest BCUT2D eigenvalue weighted by atomic mass is 16.5. The average Bonchev–Trinajstić information content (AvgIpc) is 3.07. The molecule has 138 valence electrons. The number of nitrogens with zero attached hydrogens (tertiary/aromatic N) is 2. The van der Waals surface area contributed by atoms with E-state index in [-0.39, 0.29) is 29.6 Å². The highest BCUT2D eigenvalue weighted by Crippen LogP contribution is 2.36. The summed E-state index contributed by atoms with van der Waals surface area (Å²) >= 11 is 0. The van der Waals surface area contributed by atoms with Gasteiger partial charge in [0.25, 0.3) is 0 Å². The monoisotopic (exact) mass is 346 g/mol. The van der Waals surface area contributed by atoms with Crippen molar-refractivity contribution in [3.63, 3.8) is 0 Å². The maximum Gasteiger partial charge on any atom is 0.228 e. The summed E-state index contributed by atoms with van der Waals surface area (Å²) in [6, 6.07) is 7.85. The first-order valence-corrected chi connectivity index (χ1v) is 9.14. The van der Waals surface area contributed by atoms with E-state index in [1.807, 2.05) is 61.8 Å². The second kappa shape index (κ2) is 8.37. The van der Waals surface area contributed by atoms with Gasteiger partial charge in [-0.25, -0.2) is 0 Å². The van der Waals surface area contributed by atoms with Gasteiger partial charge in [-0.1, -0.05) is 26.0 Å². The second-order valence-corrected chi connectivity index (χ2v) is 6.90. The van der Waals surface area contributed by atoms with Crippen molar-refractivity contribution in [1.82, 2.24) is 9.80 Å². The molecule has 1 aromatic rings. The van der Waals surface area contributed by atoms with E-state index in [0.717, 1.165) is 11.3 Å². The molecule has 2 unspecified atom stereocenters. The van der Waals surface area contributed by atoms with Crippen LogP contribution in [0.3, 0.4) is 0 Å². The van der Waals surface area contributed by atoms with Gasteiger partial charge in [-0.3, -0.25) is 9.59 Å². The summed E-state index contributed by atoms with van der Waals surface area (Å²) in [6.45, 7) is 10.3. The molecule has 25 heavy (non-hydrogen) atoms. The molecule has 2 atom stereocenters. The number of hydrogen-bond donors (Lipinski definition) is 0. The Balaban J connectivity index is 2.34. The highest BCUT2D eigenvalue weighted by Gasteiger charge is 2.42. The third-order valence-electron chi connectivity index (χ3n) is 5.04. The number of ether oxygens (including phenoxy) is 1. The zero-order valence-electron chi connectivity index (χ0n) is 16.0. The zero-order chi connectivity index (χ0) is 18.6. The molecule has 5 nitrogen and oxygen atoms in total. The van der Waals surface area contributed by atoms with Gasteiger partial charge in [0, 0.05) is 38.0 Å². The molecule has 0 aromatic heterocycles. The summed E-state index contributed by atoms with van der Waals surface area (Å²) in [4.78, 5) is 29.2. The van der Waals surface area contributed by atoms with E-state index in [1.165, 1.54) is 0 Å². The lowest BCUT2D eigenvalue weighted by molar-refractivity contribution is -0.136. The Labute approximate surface area is 150 Å². The Morgan fingerprint density at radius 3 is 2.48 bits per heavy atom. The van der Waals surface area contributed by atoms with Crippen LogP contribution in [-0.2, 0) is 9.59 Å². The number of amides is 2. The molecule has 1 aliphatic rings. The number of likely N-dealkylation sites (tertiary alicyclic amines) is 1. The fraction of sp³-hybridized carbons (Fsp3) is 0.600. The molecule has 1 heterocycles. The number of rotatable bonds is 6. The van der Waals surface area contributed by atoms with Gasteiger partial charge in [-0.2, -0.15) is 0 Å². The molecule has 0 aliphatic carbocycles. The Kier molecular flexibility index (Phi) is 6.45. The van der Waals surface area contributed by atoms with E-state index in [4.69, 9.17) is 4.74 Å². The molecule has 1 saturated heterocycles. The van der Waals surface area contributed by atoms with E-state index < -0.39 is 0 Å².